The molecule has 0 spiro atoms. The van der Waals surface area contributed by atoms with Crippen molar-refractivity contribution in [3.8, 4) is 11.4 Å². The van der Waals surface area contributed by atoms with E-state index in [0.717, 1.165) is 12.1 Å². The molecule has 2 aromatic carbocycles. The number of carbonyl (C=O) groups is 1. The number of hydrogen-bond donors (Lipinski definition) is 1. The largest absolute Gasteiger partial charge is 0.416 e. The zero-order valence-electron chi connectivity index (χ0n) is 15.9. The van der Waals surface area contributed by atoms with E-state index in [1.54, 1.807) is 25.1 Å². The van der Waals surface area contributed by atoms with Gasteiger partial charge in [-0.1, -0.05) is 17.7 Å². The minimum atomic E-state index is -4.48. The third kappa shape index (κ3) is 4.15. The second-order valence-electron chi connectivity index (χ2n) is 6.56. The molecule has 1 amide bonds. The number of aromatic nitrogens is 5. The second kappa shape index (κ2) is 7.88. The van der Waals surface area contributed by atoms with Crippen LogP contribution in [-0.4, -0.2) is 30.5 Å². The van der Waals surface area contributed by atoms with Crippen LogP contribution in [0.3, 0.4) is 0 Å². The first-order valence-electron chi connectivity index (χ1n) is 8.92. The highest BCUT2D eigenvalue weighted by atomic mass is 35.5. The molecule has 158 valence electrons. The van der Waals surface area contributed by atoms with Crippen LogP contribution in [0, 0.1) is 6.92 Å². The number of carbonyl (C=O) groups excluding carboxylic acids is 1. The molecule has 1 N–H and O–H groups in total. The minimum absolute atomic E-state index is 0.192. The Hall–Kier alpha value is -3.66. The lowest BCUT2D eigenvalue weighted by Crippen LogP contribution is -2.15. The molecule has 0 atom stereocenters. The molecule has 0 saturated heterocycles. The van der Waals surface area contributed by atoms with Crippen molar-refractivity contribution in [1.29, 1.82) is 0 Å². The Morgan fingerprint density at radius 1 is 1.13 bits per heavy atom. The summed E-state index contributed by atoms with van der Waals surface area (Å²) >= 11 is 6.07. The molecule has 31 heavy (non-hydrogen) atoms. The highest BCUT2D eigenvalue weighted by Gasteiger charge is 2.30. The van der Waals surface area contributed by atoms with Crippen molar-refractivity contribution in [1.82, 2.24) is 24.5 Å². The maximum Gasteiger partial charge on any atom is 0.416 e. The van der Waals surface area contributed by atoms with E-state index in [4.69, 9.17) is 11.6 Å². The van der Waals surface area contributed by atoms with Gasteiger partial charge in [-0.05, 0) is 43.3 Å². The fourth-order valence-corrected chi connectivity index (χ4v) is 3.21. The van der Waals surface area contributed by atoms with Gasteiger partial charge in [-0.15, -0.1) is 0 Å². The van der Waals surface area contributed by atoms with Gasteiger partial charge in [0.25, 0.3) is 5.91 Å². The van der Waals surface area contributed by atoms with Crippen molar-refractivity contribution in [2.45, 2.75) is 13.1 Å². The van der Waals surface area contributed by atoms with E-state index < -0.39 is 17.6 Å². The van der Waals surface area contributed by atoms with Crippen molar-refractivity contribution < 1.29 is 18.0 Å². The molecular formula is C20H14ClF3N6O. The molecule has 0 unspecified atom stereocenters. The lowest BCUT2D eigenvalue weighted by molar-refractivity contribution is -0.137. The number of benzene rings is 2. The molecule has 0 aliphatic rings. The van der Waals surface area contributed by atoms with Crippen molar-refractivity contribution in [2.24, 2.45) is 0 Å². The molecule has 0 aliphatic heterocycles. The zero-order chi connectivity index (χ0) is 22.2. The molecule has 7 nitrogen and oxygen atoms in total. The number of rotatable bonds is 4. The minimum Gasteiger partial charge on any atom is -0.320 e. The highest BCUT2D eigenvalue weighted by Crippen LogP contribution is 2.31. The Balaban J connectivity index is 1.66. The quantitative estimate of drug-likeness (QED) is 0.493. The van der Waals surface area contributed by atoms with Crippen LogP contribution in [0.15, 0.2) is 61.3 Å². The number of anilines is 1. The summed E-state index contributed by atoms with van der Waals surface area (Å²) in [7, 11) is 0. The van der Waals surface area contributed by atoms with E-state index in [1.165, 1.54) is 40.3 Å². The van der Waals surface area contributed by atoms with Gasteiger partial charge in [0, 0.05) is 5.02 Å². The van der Waals surface area contributed by atoms with Crippen LogP contribution in [0.1, 0.15) is 21.6 Å². The zero-order valence-corrected chi connectivity index (χ0v) is 16.7. The Morgan fingerprint density at radius 3 is 2.65 bits per heavy atom. The fraction of sp³-hybridized carbons (Fsp3) is 0.100. The van der Waals surface area contributed by atoms with Crippen LogP contribution < -0.4 is 5.32 Å². The molecule has 0 radical (unpaired) electrons. The average Bonchev–Trinajstić information content (AvgIpc) is 3.37. The van der Waals surface area contributed by atoms with Crippen LogP contribution in [-0.2, 0) is 6.18 Å². The standard InChI is InChI=1S/C20H14ClF3N6O/c1-12-16(9-26-30(12)15-4-2-3-13(7-15)20(22,23)24)19(31)28-17-8-14(21)5-6-18(17)29-11-25-10-27-29/h2-11H,1H3,(H,28,31). The van der Waals surface area contributed by atoms with Crippen LogP contribution in [0.5, 0.6) is 0 Å². The SMILES string of the molecule is Cc1c(C(=O)Nc2cc(Cl)ccc2-n2cncn2)cnn1-c1cccc(C(F)(F)F)c1. The summed E-state index contributed by atoms with van der Waals surface area (Å²) in [4.78, 5) is 16.8. The Morgan fingerprint density at radius 2 is 1.94 bits per heavy atom. The Bertz CT molecular complexity index is 1250. The number of nitrogens with one attached hydrogen (secondary N) is 1. The Labute approximate surface area is 179 Å². The van der Waals surface area contributed by atoms with Gasteiger partial charge in [0.15, 0.2) is 0 Å². The number of amides is 1. The fourth-order valence-electron chi connectivity index (χ4n) is 3.04. The first-order valence-corrected chi connectivity index (χ1v) is 9.30. The smallest absolute Gasteiger partial charge is 0.320 e. The van der Waals surface area contributed by atoms with Crippen molar-refractivity contribution >= 4 is 23.2 Å². The first kappa shape index (κ1) is 20.6. The third-order valence-electron chi connectivity index (χ3n) is 4.54. The monoisotopic (exact) mass is 446 g/mol. The van der Waals surface area contributed by atoms with Gasteiger partial charge in [-0.25, -0.2) is 14.3 Å². The van der Waals surface area contributed by atoms with Crippen LogP contribution in [0.2, 0.25) is 5.02 Å². The molecule has 0 bridgehead atoms. The van der Waals surface area contributed by atoms with E-state index in [-0.39, 0.29) is 11.3 Å². The van der Waals surface area contributed by atoms with E-state index in [9.17, 15) is 18.0 Å². The summed E-state index contributed by atoms with van der Waals surface area (Å²) in [5.41, 5.74) is 0.884. The molecule has 2 heterocycles. The van der Waals surface area contributed by atoms with Gasteiger partial charge >= 0.3 is 6.18 Å². The summed E-state index contributed by atoms with van der Waals surface area (Å²) in [5.74, 6) is -0.501. The summed E-state index contributed by atoms with van der Waals surface area (Å²) in [6.07, 6.45) is -0.370. The molecule has 0 fully saturated rings. The average molecular weight is 447 g/mol. The Kier molecular flexibility index (Phi) is 5.24. The predicted octanol–water partition coefficient (Wildman–Crippen LogP) is 4.69. The maximum absolute atomic E-state index is 13.0. The van der Waals surface area contributed by atoms with Crippen molar-refractivity contribution in [3.05, 3.63) is 83.2 Å². The van der Waals surface area contributed by atoms with E-state index in [2.05, 4.69) is 20.5 Å². The van der Waals surface area contributed by atoms with Gasteiger partial charge in [0.2, 0.25) is 0 Å². The maximum atomic E-state index is 13.0. The van der Waals surface area contributed by atoms with Crippen LogP contribution >= 0.6 is 11.6 Å². The summed E-state index contributed by atoms with van der Waals surface area (Å²) in [6.45, 7) is 1.60. The number of nitrogens with zero attached hydrogens (tertiary/aromatic N) is 5. The van der Waals surface area contributed by atoms with E-state index in [1.807, 2.05) is 0 Å². The molecule has 11 heteroatoms. The summed E-state index contributed by atoms with van der Waals surface area (Å²) in [5, 5.41) is 11.3. The lowest BCUT2D eigenvalue weighted by Gasteiger charge is -2.12. The number of alkyl halides is 3. The van der Waals surface area contributed by atoms with Gasteiger partial charge in [0.1, 0.15) is 12.7 Å². The van der Waals surface area contributed by atoms with Crippen molar-refractivity contribution in [2.75, 3.05) is 5.32 Å². The van der Waals surface area contributed by atoms with Crippen LogP contribution in [0.25, 0.3) is 11.4 Å². The van der Waals surface area contributed by atoms with Gasteiger partial charge in [-0.3, -0.25) is 4.79 Å². The van der Waals surface area contributed by atoms with Gasteiger partial charge < -0.3 is 5.32 Å². The summed E-state index contributed by atoms with van der Waals surface area (Å²) < 4.78 is 41.8. The van der Waals surface area contributed by atoms with Gasteiger partial charge in [-0.2, -0.15) is 23.4 Å². The predicted molar refractivity (Wildman–Crippen MR) is 108 cm³/mol. The highest BCUT2D eigenvalue weighted by molar-refractivity contribution is 6.31. The molecule has 2 aromatic heterocycles. The first-order chi connectivity index (χ1) is 14.7. The second-order valence-corrected chi connectivity index (χ2v) is 7.00. The number of halogens is 4. The lowest BCUT2D eigenvalue weighted by atomic mass is 10.2. The summed E-state index contributed by atoms with van der Waals surface area (Å²) in [6, 6.07) is 9.59. The topological polar surface area (TPSA) is 77.6 Å². The van der Waals surface area contributed by atoms with Crippen LogP contribution in [0.4, 0.5) is 18.9 Å². The van der Waals surface area contributed by atoms with Gasteiger partial charge in [0.05, 0.1) is 40.1 Å². The molecule has 4 rings (SSSR count). The van der Waals surface area contributed by atoms with E-state index in [0.29, 0.717) is 22.1 Å². The third-order valence-corrected chi connectivity index (χ3v) is 4.78. The molecule has 4 aromatic rings. The van der Waals surface area contributed by atoms with E-state index >= 15 is 0 Å². The normalized spacial score (nSPS) is 11.5. The molecule has 0 saturated carbocycles. The number of hydrogen-bond acceptors (Lipinski definition) is 4. The molecular weight excluding hydrogens is 433 g/mol. The molecule has 0 aliphatic carbocycles. The van der Waals surface area contributed by atoms with Crippen molar-refractivity contribution in [3.63, 3.8) is 0 Å².